The summed E-state index contributed by atoms with van der Waals surface area (Å²) in [5.41, 5.74) is 6.88. The van der Waals surface area contributed by atoms with Gasteiger partial charge in [-0.2, -0.15) is 0 Å². The molecular formula is C37H50N2O4. The second-order valence-corrected chi connectivity index (χ2v) is 11.6. The van der Waals surface area contributed by atoms with Gasteiger partial charge >= 0.3 is 5.97 Å². The van der Waals surface area contributed by atoms with Crippen molar-refractivity contribution < 1.29 is 19.4 Å². The molecule has 0 radical (unpaired) electrons. The lowest BCUT2D eigenvalue weighted by molar-refractivity contribution is -0.136. The number of carboxylic acid groups (broad SMARTS) is 1. The van der Waals surface area contributed by atoms with Crippen LogP contribution >= 0.6 is 0 Å². The average Bonchev–Trinajstić information content (AvgIpc) is 2.98. The number of amidine groups is 1. The molecule has 6 heteroatoms. The predicted octanol–water partition coefficient (Wildman–Crippen LogP) is 8.48. The average molecular weight is 587 g/mol. The Morgan fingerprint density at radius 2 is 1.56 bits per heavy atom. The molecule has 3 aromatic carbocycles. The summed E-state index contributed by atoms with van der Waals surface area (Å²) in [5, 5.41) is 17.4. The largest absolute Gasteiger partial charge is 0.494 e. The summed E-state index contributed by atoms with van der Waals surface area (Å²) in [5.74, 6) is 0.0693. The third-order valence-corrected chi connectivity index (χ3v) is 7.32. The van der Waals surface area contributed by atoms with Crippen LogP contribution in [0.1, 0.15) is 90.0 Å². The number of carboxylic acids is 1. The Bertz CT molecular complexity index is 1340. The second kappa shape index (κ2) is 17.3. The Balaban J connectivity index is 0.000000448. The van der Waals surface area contributed by atoms with Gasteiger partial charge in [0.2, 0.25) is 5.91 Å². The van der Waals surface area contributed by atoms with Crippen LogP contribution in [0.25, 0.3) is 11.1 Å². The molecule has 0 saturated carbocycles. The molecule has 0 aliphatic rings. The van der Waals surface area contributed by atoms with Crippen molar-refractivity contribution in [3.05, 3.63) is 89.0 Å². The van der Waals surface area contributed by atoms with E-state index in [1.54, 1.807) is 4.90 Å². The van der Waals surface area contributed by atoms with Gasteiger partial charge in [-0.15, -0.1) is 0 Å². The standard InChI is InChI=1S/C25H32N2O4.C12H18/c1-4-24(28)27(5-2)23(26)12-8-10-18-9-7-11-19(15-18)20-13-14-22(31-6-3)21(16-20)17-25(29)30;1-5-10-6-8-11(9-7-10)12(2,3)4/h7,9,11,13-16,26H,4-6,8,10,12,17H2,1-3H3,(H,29,30);6-9H,5H2,1-4H3. The summed E-state index contributed by atoms with van der Waals surface area (Å²) in [6, 6.07) is 22.7. The number of ether oxygens (including phenoxy) is 1. The molecular weight excluding hydrogens is 536 g/mol. The van der Waals surface area contributed by atoms with E-state index in [4.69, 9.17) is 10.1 Å². The van der Waals surface area contributed by atoms with Crippen molar-refractivity contribution in [1.82, 2.24) is 4.90 Å². The highest BCUT2D eigenvalue weighted by atomic mass is 16.5. The minimum atomic E-state index is -0.892. The van der Waals surface area contributed by atoms with Gasteiger partial charge in [-0.05, 0) is 78.5 Å². The molecule has 2 N–H and O–H groups in total. The highest BCUT2D eigenvalue weighted by Gasteiger charge is 2.15. The SMILES string of the molecule is CCOc1ccc(-c2cccc(CCCC(=N)N(CC)C(=O)CC)c2)cc1CC(=O)O.CCc1ccc(C(C)(C)C)cc1. The van der Waals surface area contributed by atoms with E-state index in [2.05, 4.69) is 64.1 Å². The zero-order chi connectivity index (χ0) is 32.0. The van der Waals surface area contributed by atoms with E-state index in [-0.39, 0.29) is 17.7 Å². The van der Waals surface area contributed by atoms with Gasteiger partial charge in [-0.25, -0.2) is 0 Å². The quantitative estimate of drug-likeness (QED) is 0.164. The molecule has 0 aliphatic heterocycles. The molecule has 0 bridgehead atoms. The summed E-state index contributed by atoms with van der Waals surface area (Å²) < 4.78 is 5.57. The van der Waals surface area contributed by atoms with E-state index in [1.165, 1.54) is 11.1 Å². The molecule has 0 unspecified atom stereocenters. The molecule has 0 heterocycles. The van der Waals surface area contributed by atoms with Crippen LogP contribution in [0.15, 0.2) is 66.7 Å². The number of amides is 1. The maximum atomic E-state index is 11.9. The van der Waals surface area contributed by atoms with Crippen molar-refractivity contribution >= 4 is 17.7 Å². The van der Waals surface area contributed by atoms with Gasteiger partial charge in [0, 0.05) is 24.9 Å². The van der Waals surface area contributed by atoms with Crippen LogP contribution < -0.4 is 4.74 Å². The third-order valence-electron chi connectivity index (χ3n) is 7.32. The minimum absolute atomic E-state index is 0.0119. The summed E-state index contributed by atoms with van der Waals surface area (Å²) in [4.78, 5) is 24.7. The fraction of sp³-hybridized carbons (Fsp3) is 0.432. The molecule has 3 aromatic rings. The van der Waals surface area contributed by atoms with Crippen molar-refractivity contribution in [2.24, 2.45) is 0 Å². The normalized spacial score (nSPS) is 10.9. The Morgan fingerprint density at radius 1 is 0.884 bits per heavy atom. The van der Waals surface area contributed by atoms with Crippen molar-refractivity contribution in [3.8, 4) is 16.9 Å². The molecule has 0 aliphatic carbocycles. The van der Waals surface area contributed by atoms with E-state index in [9.17, 15) is 14.7 Å². The van der Waals surface area contributed by atoms with Crippen molar-refractivity contribution in [2.45, 2.75) is 92.4 Å². The van der Waals surface area contributed by atoms with Gasteiger partial charge in [0.1, 0.15) is 11.6 Å². The van der Waals surface area contributed by atoms with E-state index in [0.717, 1.165) is 36.0 Å². The second-order valence-electron chi connectivity index (χ2n) is 11.6. The summed E-state index contributed by atoms with van der Waals surface area (Å²) in [6.07, 6.45) is 3.58. The Kier molecular flexibility index (Phi) is 14.1. The maximum Gasteiger partial charge on any atom is 0.307 e. The monoisotopic (exact) mass is 586 g/mol. The van der Waals surface area contributed by atoms with E-state index in [1.807, 2.05) is 51.1 Å². The molecule has 0 aromatic heterocycles. The first-order valence-corrected chi connectivity index (χ1v) is 15.5. The lowest BCUT2D eigenvalue weighted by Gasteiger charge is -2.21. The molecule has 232 valence electrons. The van der Waals surface area contributed by atoms with Gasteiger partial charge in [0.15, 0.2) is 0 Å². The summed E-state index contributed by atoms with van der Waals surface area (Å²) in [7, 11) is 0. The number of nitrogens with zero attached hydrogens (tertiary/aromatic N) is 1. The number of carbonyl (C=O) groups excluding carboxylic acids is 1. The van der Waals surface area contributed by atoms with E-state index in [0.29, 0.717) is 43.1 Å². The molecule has 0 fully saturated rings. The van der Waals surface area contributed by atoms with Gasteiger partial charge < -0.3 is 14.7 Å². The zero-order valence-electron chi connectivity index (χ0n) is 27.1. The molecule has 0 spiro atoms. The van der Waals surface area contributed by atoms with Crippen LogP contribution in [-0.4, -0.2) is 40.9 Å². The number of rotatable bonds is 12. The number of carbonyl (C=O) groups is 2. The lowest BCUT2D eigenvalue weighted by Crippen LogP contribution is -2.35. The minimum Gasteiger partial charge on any atom is -0.494 e. The number of aliphatic carboxylic acids is 1. The van der Waals surface area contributed by atoms with Gasteiger partial charge in [-0.1, -0.05) is 89.2 Å². The van der Waals surface area contributed by atoms with Crippen molar-refractivity contribution in [1.29, 1.82) is 5.41 Å². The van der Waals surface area contributed by atoms with Crippen LogP contribution in [0, 0.1) is 5.41 Å². The summed E-state index contributed by atoms with van der Waals surface area (Å²) >= 11 is 0. The number of benzene rings is 3. The Hall–Kier alpha value is -3.93. The Morgan fingerprint density at radius 3 is 2.12 bits per heavy atom. The highest BCUT2D eigenvalue weighted by molar-refractivity contribution is 5.96. The molecule has 6 nitrogen and oxygen atoms in total. The third kappa shape index (κ3) is 11.3. The molecule has 1 amide bonds. The number of nitrogens with one attached hydrogen (secondary N) is 1. The summed E-state index contributed by atoms with van der Waals surface area (Å²) in [6.45, 7) is 15.5. The van der Waals surface area contributed by atoms with Crippen LogP contribution in [0.2, 0.25) is 0 Å². The first-order chi connectivity index (χ1) is 20.4. The van der Waals surface area contributed by atoms with Crippen LogP contribution in [0.5, 0.6) is 5.75 Å². The van der Waals surface area contributed by atoms with Crippen LogP contribution in [0.4, 0.5) is 0 Å². The van der Waals surface area contributed by atoms with Gasteiger partial charge in [0.05, 0.1) is 13.0 Å². The fourth-order valence-electron chi connectivity index (χ4n) is 4.81. The number of aryl methyl sites for hydroxylation is 2. The fourth-order valence-corrected chi connectivity index (χ4v) is 4.81. The van der Waals surface area contributed by atoms with Gasteiger partial charge in [0.25, 0.3) is 0 Å². The first-order valence-electron chi connectivity index (χ1n) is 15.5. The topological polar surface area (TPSA) is 90.7 Å². The van der Waals surface area contributed by atoms with Gasteiger partial charge in [-0.3, -0.25) is 15.0 Å². The number of hydrogen-bond acceptors (Lipinski definition) is 4. The first kappa shape index (κ1) is 35.3. The van der Waals surface area contributed by atoms with Crippen LogP contribution in [-0.2, 0) is 34.3 Å². The highest BCUT2D eigenvalue weighted by Crippen LogP contribution is 2.28. The predicted molar refractivity (Wildman–Crippen MR) is 177 cm³/mol. The Labute approximate surface area is 258 Å². The zero-order valence-corrected chi connectivity index (χ0v) is 27.1. The van der Waals surface area contributed by atoms with E-state index >= 15 is 0 Å². The lowest BCUT2D eigenvalue weighted by atomic mass is 9.86. The molecule has 3 rings (SSSR count). The van der Waals surface area contributed by atoms with E-state index < -0.39 is 5.97 Å². The molecule has 0 atom stereocenters. The number of hydrogen-bond donors (Lipinski definition) is 2. The molecule has 43 heavy (non-hydrogen) atoms. The molecule has 0 saturated heterocycles. The van der Waals surface area contributed by atoms with Crippen molar-refractivity contribution in [3.63, 3.8) is 0 Å². The van der Waals surface area contributed by atoms with Crippen LogP contribution in [0.3, 0.4) is 0 Å². The maximum absolute atomic E-state index is 11.9. The smallest absolute Gasteiger partial charge is 0.307 e. The van der Waals surface area contributed by atoms with Crippen molar-refractivity contribution in [2.75, 3.05) is 13.2 Å².